The molecule has 0 spiro atoms. The van der Waals surface area contributed by atoms with Gasteiger partial charge in [-0.2, -0.15) is 4.89 Å². The van der Waals surface area contributed by atoms with E-state index < -0.39 is 23.0 Å². The summed E-state index contributed by atoms with van der Waals surface area (Å²) in [7, 11) is 0. The van der Waals surface area contributed by atoms with Crippen LogP contribution in [-0.2, 0) is 21.2 Å². The van der Waals surface area contributed by atoms with Crippen molar-refractivity contribution >= 4 is 17.7 Å². The molecule has 0 saturated heterocycles. The molecule has 0 aliphatic heterocycles. The molecule has 0 bridgehead atoms. The normalized spacial score (nSPS) is 11.5. The Kier molecular flexibility index (Phi) is 8.16. The Morgan fingerprint density at radius 1 is 1.29 bits per heavy atom. The third-order valence-electron chi connectivity index (χ3n) is 3.04. The van der Waals surface area contributed by atoms with Gasteiger partial charge in [-0.05, 0) is 43.5 Å². The van der Waals surface area contributed by atoms with Crippen LogP contribution in [0.3, 0.4) is 0 Å². The van der Waals surface area contributed by atoms with E-state index in [4.69, 9.17) is 15.7 Å². The molecule has 0 aromatic heterocycles. The summed E-state index contributed by atoms with van der Waals surface area (Å²) >= 11 is 0. The molecule has 0 unspecified atom stereocenters. The lowest BCUT2D eigenvalue weighted by molar-refractivity contribution is -0.384. The Balaban J connectivity index is 2.36. The first-order valence-electron chi connectivity index (χ1n) is 7.20. The molecule has 1 atom stereocenters. The number of hydrogen-bond donors (Lipinski definition) is 3. The summed E-state index contributed by atoms with van der Waals surface area (Å²) in [5.41, 5.74) is 5.80. The van der Waals surface area contributed by atoms with Gasteiger partial charge < -0.3 is 16.2 Å². The minimum Gasteiger partial charge on any atom is -0.480 e. The number of benzene rings is 1. The molecule has 0 aliphatic rings. The molecule has 1 amide bonds. The van der Waals surface area contributed by atoms with E-state index in [1.54, 1.807) is 0 Å². The maximum Gasteiger partial charge on any atom is 0.439 e. The van der Waals surface area contributed by atoms with Crippen molar-refractivity contribution in [1.29, 1.82) is 0 Å². The Morgan fingerprint density at radius 3 is 2.50 bits per heavy atom. The Hall–Kier alpha value is -2.72. The molecule has 10 heteroatoms. The topological polar surface area (TPSA) is 154 Å². The van der Waals surface area contributed by atoms with E-state index in [1.807, 2.05) is 0 Å². The molecule has 132 valence electrons. The van der Waals surface area contributed by atoms with E-state index in [1.165, 1.54) is 24.3 Å². The molecule has 1 aromatic carbocycles. The zero-order valence-corrected chi connectivity index (χ0v) is 12.8. The minimum atomic E-state index is -1.18. The third-order valence-corrected chi connectivity index (χ3v) is 3.04. The maximum absolute atomic E-state index is 11.5. The number of carboxylic acids is 1. The Morgan fingerprint density at radius 2 is 1.96 bits per heavy atom. The number of carbonyl (C=O) groups excluding carboxylic acids is 1. The van der Waals surface area contributed by atoms with Gasteiger partial charge in [0, 0.05) is 12.1 Å². The van der Waals surface area contributed by atoms with Crippen LogP contribution in [0, 0.1) is 10.1 Å². The first-order valence-corrected chi connectivity index (χ1v) is 7.20. The van der Waals surface area contributed by atoms with Gasteiger partial charge in [-0.25, -0.2) is 9.59 Å². The molecule has 0 fully saturated rings. The van der Waals surface area contributed by atoms with Crippen molar-refractivity contribution in [3.05, 3.63) is 39.9 Å². The number of carboxylic acid groups (broad SMARTS) is 1. The molecule has 4 N–H and O–H groups in total. The molecule has 24 heavy (non-hydrogen) atoms. The van der Waals surface area contributed by atoms with Crippen LogP contribution in [0.5, 0.6) is 0 Å². The van der Waals surface area contributed by atoms with Crippen molar-refractivity contribution in [3.63, 3.8) is 0 Å². The highest BCUT2D eigenvalue weighted by Crippen LogP contribution is 2.12. The van der Waals surface area contributed by atoms with Crippen molar-refractivity contribution in [1.82, 2.24) is 5.32 Å². The molecule has 0 radical (unpaired) electrons. The van der Waals surface area contributed by atoms with Gasteiger partial charge in [0.25, 0.3) is 5.69 Å². The monoisotopic (exact) mass is 341 g/mol. The summed E-state index contributed by atoms with van der Waals surface area (Å²) in [5.74, 6) is -1.18. The molecule has 10 nitrogen and oxygen atoms in total. The number of non-ortho nitro benzene ring substituents is 1. The average molecular weight is 341 g/mol. The number of nitrogens with zero attached hydrogens (tertiary/aromatic N) is 1. The number of aliphatic carboxylic acids is 1. The number of hydrogen-bond acceptors (Lipinski definition) is 7. The smallest absolute Gasteiger partial charge is 0.439 e. The summed E-state index contributed by atoms with van der Waals surface area (Å²) in [5, 5.41) is 21.7. The largest absolute Gasteiger partial charge is 0.480 e. The number of amides is 1. The highest BCUT2D eigenvalue weighted by Gasteiger charge is 2.20. The maximum atomic E-state index is 11.5. The van der Waals surface area contributed by atoms with Crippen molar-refractivity contribution in [2.75, 3.05) is 6.54 Å². The zero-order chi connectivity index (χ0) is 17.9. The molecular weight excluding hydrogens is 322 g/mol. The fourth-order valence-corrected chi connectivity index (χ4v) is 1.78. The van der Waals surface area contributed by atoms with Gasteiger partial charge in [-0.3, -0.25) is 15.0 Å². The standard InChI is InChI=1S/C14H19N3O7/c15-8-2-1-3-12(13(18)19)16-14(20)24-23-9-10-4-6-11(7-5-10)17(21)22/h4-7,12H,1-3,8-9,15H2,(H,16,20)(H,18,19)/t12-/m0/s1. The summed E-state index contributed by atoms with van der Waals surface area (Å²) in [6, 6.07) is 4.39. The van der Waals surface area contributed by atoms with Crippen LogP contribution in [-0.4, -0.2) is 34.7 Å². The first-order chi connectivity index (χ1) is 11.4. The third kappa shape index (κ3) is 7.03. The summed E-state index contributed by atoms with van der Waals surface area (Å²) in [6.07, 6.45) is 0.399. The minimum absolute atomic E-state index is 0.0702. The van der Waals surface area contributed by atoms with Crippen LogP contribution in [0.2, 0.25) is 0 Å². The highest BCUT2D eigenvalue weighted by molar-refractivity contribution is 5.79. The van der Waals surface area contributed by atoms with Crippen molar-refractivity contribution in [2.24, 2.45) is 5.73 Å². The van der Waals surface area contributed by atoms with Crippen LogP contribution in [0.25, 0.3) is 0 Å². The Bertz CT molecular complexity index is 562. The number of nitrogens with two attached hydrogens (primary N) is 1. The number of carbonyl (C=O) groups is 2. The lowest BCUT2D eigenvalue weighted by atomic mass is 10.1. The van der Waals surface area contributed by atoms with E-state index in [2.05, 4.69) is 10.2 Å². The van der Waals surface area contributed by atoms with E-state index in [0.717, 1.165) is 0 Å². The fraction of sp³-hybridized carbons (Fsp3) is 0.429. The highest BCUT2D eigenvalue weighted by atomic mass is 17.2. The van der Waals surface area contributed by atoms with Gasteiger partial charge >= 0.3 is 12.1 Å². The second-order valence-electron chi connectivity index (χ2n) is 4.88. The van der Waals surface area contributed by atoms with E-state index in [-0.39, 0.29) is 18.7 Å². The number of nitro groups is 1. The average Bonchev–Trinajstić information content (AvgIpc) is 2.54. The van der Waals surface area contributed by atoms with E-state index in [0.29, 0.717) is 24.9 Å². The van der Waals surface area contributed by atoms with Gasteiger partial charge in [0.05, 0.1) is 4.92 Å². The summed E-state index contributed by atoms with van der Waals surface area (Å²) in [4.78, 5) is 41.6. The fourth-order valence-electron chi connectivity index (χ4n) is 1.78. The van der Waals surface area contributed by atoms with Gasteiger partial charge in [-0.15, -0.1) is 0 Å². The first kappa shape index (κ1) is 19.3. The number of nitrogens with one attached hydrogen (secondary N) is 1. The van der Waals surface area contributed by atoms with Crippen LogP contribution < -0.4 is 11.1 Å². The number of rotatable bonds is 10. The molecule has 0 aliphatic carbocycles. The summed E-state index contributed by atoms with van der Waals surface area (Å²) in [6.45, 7) is 0.311. The number of nitro benzene ring substituents is 1. The second-order valence-corrected chi connectivity index (χ2v) is 4.88. The van der Waals surface area contributed by atoms with Crippen molar-refractivity contribution in [2.45, 2.75) is 31.9 Å². The summed E-state index contributed by atoms with van der Waals surface area (Å²) < 4.78 is 0. The SMILES string of the molecule is NCCCC[C@H](NC(=O)OOCc1ccc([N+](=O)[O-])cc1)C(=O)O. The van der Waals surface area contributed by atoms with Crippen LogP contribution >= 0.6 is 0 Å². The Labute approximate surface area is 137 Å². The van der Waals surface area contributed by atoms with E-state index in [9.17, 15) is 19.7 Å². The van der Waals surface area contributed by atoms with Gasteiger partial charge in [0.2, 0.25) is 0 Å². The van der Waals surface area contributed by atoms with Crippen molar-refractivity contribution < 1.29 is 29.4 Å². The predicted molar refractivity (Wildman–Crippen MR) is 81.8 cm³/mol. The molecule has 0 saturated carbocycles. The second kappa shape index (κ2) is 10.1. The van der Waals surface area contributed by atoms with Gasteiger partial charge in [0.1, 0.15) is 12.6 Å². The molecular formula is C14H19N3O7. The van der Waals surface area contributed by atoms with Crippen LogP contribution in [0.4, 0.5) is 10.5 Å². The molecule has 1 aromatic rings. The van der Waals surface area contributed by atoms with Gasteiger partial charge in [0.15, 0.2) is 0 Å². The quantitative estimate of drug-likeness (QED) is 0.249. The van der Waals surface area contributed by atoms with Crippen LogP contribution in [0.15, 0.2) is 24.3 Å². The van der Waals surface area contributed by atoms with Gasteiger partial charge in [-0.1, -0.05) is 0 Å². The van der Waals surface area contributed by atoms with E-state index >= 15 is 0 Å². The lowest BCUT2D eigenvalue weighted by Crippen LogP contribution is -2.41. The molecule has 0 heterocycles. The number of unbranched alkanes of at least 4 members (excludes halogenated alkanes) is 1. The zero-order valence-electron chi connectivity index (χ0n) is 12.8. The van der Waals surface area contributed by atoms with Crippen LogP contribution in [0.1, 0.15) is 24.8 Å². The van der Waals surface area contributed by atoms with Crippen molar-refractivity contribution in [3.8, 4) is 0 Å². The molecule has 1 rings (SSSR count). The lowest BCUT2D eigenvalue weighted by Gasteiger charge is -2.13. The predicted octanol–water partition coefficient (Wildman–Crippen LogP) is 1.33.